The number of carbonyl (C=O) groups is 1. The normalized spacial score (nSPS) is 17.0. The van der Waals surface area contributed by atoms with Gasteiger partial charge in [0.25, 0.3) is 5.91 Å². The number of benzene rings is 2. The summed E-state index contributed by atoms with van der Waals surface area (Å²) in [7, 11) is 0. The second-order valence-electron chi connectivity index (χ2n) is 5.79. The van der Waals surface area contributed by atoms with Gasteiger partial charge in [0.15, 0.2) is 0 Å². The highest BCUT2D eigenvalue weighted by Gasteiger charge is 2.16. The molecule has 1 aliphatic rings. The van der Waals surface area contributed by atoms with Gasteiger partial charge in [-0.3, -0.25) is 4.79 Å². The standard InChI is InChI=1S/C19H21NO3/c1-14-4-8-16(9-5-14)20-19(21)15-6-10-17(11-7-15)23-13-18-3-2-12-22-18/h4-11,18H,2-3,12-13H2,1H3,(H,20,21)/t18-/m1/s1. The number of hydrogen-bond donors (Lipinski definition) is 1. The Balaban J connectivity index is 1.55. The number of ether oxygens (including phenoxy) is 2. The Bertz CT molecular complexity index is 643. The second kappa shape index (κ2) is 7.29. The van der Waals surface area contributed by atoms with Crippen molar-refractivity contribution in [2.45, 2.75) is 25.9 Å². The van der Waals surface area contributed by atoms with Crippen LogP contribution in [0, 0.1) is 6.92 Å². The van der Waals surface area contributed by atoms with Crippen LogP contribution in [0.2, 0.25) is 0 Å². The molecular weight excluding hydrogens is 290 g/mol. The van der Waals surface area contributed by atoms with Gasteiger partial charge in [-0.05, 0) is 56.2 Å². The summed E-state index contributed by atoms with van der Waals surface area (Å²) in [5, 5.41) is 2.88. The molecule has 1 N–H and O–H groups in total. The van der Waals surface area contributed by atoms with Gasteiger partial charge in [-0.1, -0.05) is 17.7 Å². The Kier molecular flexibility index (Phi) is 4.93. The number of carbonyl (C=O) groups excluding carboxylic acids is 1. The number of amides is 1. The van der Waals surface area contributed by atoms with E-state index in [1.54, 1.807) is 12.1 Å². The lowest BCUT2D eigenvalue weighted by molar-refractivity contribution is 0.0679. The fraction of sp³-hybridized carbons (Fsp3) is 0.316. The van der Waals surface area contributed by atoms with Crippen molar-refractivity contribution in [2.75, 3.05) is 18.5 Å². The Hall–Kier alpha value is -2.33. The predicted octanol–water partition coefficient (Wildman–Crippen LogP) is 3.81. The van der Waals surface area contributed by atoms with Crippen LogP contribution in [0.15, 0.2) is 48.5 Å². The van der Waals surface area contributed by atoms with E-state index in [0.717, 1.165) is 36.4 Å². The van der Waals surface area contributed by atoms with E-state index >= 15 is 0 Å². The molecule has 2 aromatic rings. The van der Waals surface area contributed by atoms with E-state index in [2.05, 4.69) is 5.32 Å². The summed E-state index contributed by atoms with van der Waals surface area (Å²) < 4.78 is 11.2. The van der Waals surface area contributed by atoms with Crippen molar-refractivity contribution in [2.24, 2.45) is 0 Å². The first-order valence-electron chi connectivity index (χ1n) is 7.93. The van der Waals surface area contributed by atoms with Crippen molar-refractivity contribution in [3.8, 4) is 5.75 Å². The van der Waals surface area contributed by atoms with Crippen LogP contribution in [0.5, 0.6) is 5.75 Å². The lowest BCUT2D eigenvalue weighted by Gasteiger charge is -2.12. The summed E-state index contributed by atoms with van der Waals surface area (Å²) >= 11 is 0. The third-order valence-corrected chi connectivity index (χ3v) is 3.89. The molecule has 1 fully saturated rings. The highest BCUT2D eigenvalue weighted by Crippen LogP contribution is 2.17. The zero-order chi connectivity index (χ0) is 16.1. The number of anilines is 1. The zero-order valence-electron chi connectivity index (χ0n) is 13.2. The molecule has 1 atom stereocenters. The number of aryl methyl sites for hydroxylation is 1. The van der Waals surface area contributed by atoms with Crippen molar-refractivity contribution < 1.29 is 14.3 Å². The minimum atomic E-state index is -0.125. The predicted molar refractivity (Wildman–Crippen MR) is 90.0 cm³/mol. The molecule has 0 saturated carbocycles. The van der Waals surface area contributed by atoms with Crippen LogP contribution in [-0.4, -0.2) is 25.2 Å². The monoisotopic (exact) mass is 311 g/mol. The Morgan fingerprint density at radius 1 is 1.17 bits per heavy atom. The molecule has 1 heterocycles. The summed E-state index contributed by atoms with van der Waals surface area (Å²) in [6.45, 7) is 3.40. The maximum atomic E-state index is 12.2. The van der Waals surface area contributed by atoms with Gasteiger partial charge < -0.3 is 14.8 Å². The average Bonchev–Trinajstić information content (AvgIpc) is 3.09. The topological polar surface area (TPSA) is 47.6 Å². The van der Waals surface area contributed by atoms with Gasteiger partial charge >= 0.3 is 0 Å². The van der Waals surface area contributed by atoms with Crippen LogP contribution >= 0.6 is 0 Å². The minimum absolute atomic E-state index is 0.125. The first kappa shape index (κ1) is 15.6. The van der Waals surface area contributed by atoms with Gasteiger partial charge in [0.05, 0.1) is 6.10 Å². The van der Waals surface area contributed by atoms with Gasteiger partial charge in [0.1, 0.15) is 12.4 Å². The zero-order valence-corrected chi connectivity index (χ0v) is 13.2. The number of nitrogens with one attached hydrogen (secondary N) is 1. The molecule has 0 radical (unpaired) electrons. The summed E-state index contributed by atoms with van der Waals surface area (Å²) in [6, 6.07) is 14.9. The molecule has 23 heavy (non-hydrogen) atoms. The average molecular weight is 311 g/mol. The van der Waals surface area contributed by atoms with Gasteiger partial charge in [-0.25, -0.2) is 0 Å². The van der Waals surface area contributed by atoms with Crippen molar-refractivity contribution in [3.63, 3.8) is 0 Å². The molecular formula is C19H21NO3. The molecule has 0 unspecified atom stereocenters. The molecule has 1 aliphatic heterocycles. The molecule has 1 amide bonds. The fourth-order valence-electron chi connectivity index (χ4n) is 2.51. The molecule has 0 aliphatic carbocycles. The Morgan fingerprint density at radius 2 is 1.91 bits per heavy atom. The van der Waals surface area contributed by atoms with Crippen LogP contribution in [0.3, 0.4) is 0 Å². The lowest BCUT2D eigenvalue weighted by Crippen LogP contribution is -2.16. The van der Waals surface area contributed by atoms with Crippen molar-refractivity contribution in [1.29, 1.82) is 0 Å². The van der Waals surface area contributed by atoms with Gasteiger partial charge in [0, 0.05) is 17.9 Å². The number of hydrogen-bond acceptors (Lipinski definition) is 3. The van der Waals surface area contributed by atoms with E-state index in [-0.39, 0.29) is 12.0 Å². The largest absolute Gasteiger partial charge is 0.491 e. The summed E-state index contributed by atoms with van der Waals surface area (Å²) in [6.07, 6.45) is 2.35. The van der Waals surface area contributed by atoms with E-state index < -0.39 is 0 Å². The SMILES string of the molecule is Cc1ccc(NC(=O)c2ccc(OC[C@H]3CCCO3)cc2)cc1. The summed E-state index contributed by atoms with van der Waals surface area (Å²) in [4.78, 5) is 12.2. The van der Waals surface area contributed by atoms with Gasteiger partial charge in [-0.2, -0.15) is 0 Å². The van der Waals surface area contributed by atoms with Crippen LogP contribution in [0.1, 0.15) is 28.8 Å². The van der Waals surface area contributed by atoms with Crippen molar-refractivity contribution in [3.05, 3.63) is 59.7 Å². The van der Waals surface area contributed by atoms with Crippen LogP contribution in [0.4, 0.5) is 5.69 Å². The Morgan fingerprint density at radius 3 is 2.57 bits per heavy atom. The summed E-state index contributed by atoms with van der Waals surface area (Å²) in [5.74, 6) is 0.631. The highest BCUT2D eigenvalue weighted by atomic mass is 16.5. The molecule has 0 aromatic heterocycles. The van der Waals surface area contributed by atoms with Crippen molar-refractivity contribution in [1.82, 2.24) is 0 Å². The maximum Gasteiger partial charge on any atom is 0.255 e. The molecule has 1 saturated heterocycles. The minimum Gasteiger partial charge on any atom is -0.491 e. The molecule has 3 rings (SSSR count). The van der Waals surface area contributed by atoms with Gasteiger partial charge in [0.2, 0.25) is 0 Å². The maximum absolute atomic E-state index is 12.2. The smallest absolute Gasteiger partial charge is 0.255 e. The molecule has 120 valence electrons. The fourth-order valence-corrected chi connectivity index (χ4v) is 2.51. The van der Waals surface area contributed by atoms with Crippen LogP contribution in [-0.2, 0) is 4.74 Å². The molecule has 4 nitrogen and oxygen atoms in total. The van der Waals surface area contributed by atoms with Crippen molar-refractivity contribution >= 4 is 11.6 Å². The molecule has 0 bridgehead atoms. The van der Waals surface area contributed by atoms with Crippen LogP contribution in [0.25, 0.3) is 0 Å². The third kappa shape index (κ3) is 4.33. The molecule has 0 spiro atoms. The van der Waals surface area contributed by atoms with Gasteiger partial charge in [-0.15, -0.1) is 0 Å². The quantitative estimate of drug-likeness (QED) is 0.913. The first-order valence-corrected chi connectivity index (χ1v) is 7.93. The van der Waals surface area contributed by atoms with Crippen LogP contribution < -0.4 is 10.1 Å². The first-order chi connectivity index (χ1) is 11.2. The second-order valence-corrected chi connectivity index (χ2v) is 5.79. The third-order valence-electron chi connectivity index (χ3n) is 3.89. The van der Waals surface area contributed by atoms with E-state index in [9.17, 15) is 4.79 Å². The number of rotatable bonds is 5. The summed E-state index contributed by atoms with van der Waals surface area (Å²) in [5.41, 5.74) is 2.56. The van der Waals surface area contributed by atoms with E-state index in [1.165, 1.54) is 0 Å². The highest BCUT2D eigenvalue weighted by molar-refractivity contribution is 6.04. The lowest BCUT2D eigenvalue weighted by atomic mass is 10.2. The Labute approximate surface area is 136 Å². The van der Waals surface area contributed by atoms with E-state index in [1.807, 2.05) is 43.3 Å². The molecule has 2 aromatic carbocycles. The molecule has 4 heteroatoms. The van der Waals surface area contributed by atoms with E-state index in [0.29, 0.717) is 12.2 Å². The van der Waals surface area contributed by atoms with E-state index in [4.69, 9.17) is 9.47 Å².